The van der Waals surface area contributed by atoms with Crippen LogP contribution in [0, 0.1) is 4.71 Å². The molecule has 1 radical (unpaired) electrons. The lowest BCUT2D eigenvalue weighted by atomic mass is 10.2. The molecule has 0 spiro atoms. The average Bonchev–Trinajstić information content (AvgIpc) is 1.90. The van der Waals surface area contributed by atoms with Gasteiger partial charge in [0.2, 0.25) is 0 Å². The average molecular weight is 158 g/mol. The lowest BCUT2D eigenvalue weighted by Gasteiger charge is -1.97. The second-order valence-corrected chi connectivity index (χ2v) is 2.75. The van der Waals surface area contributed by atoms with Crippen LogP contribution in [0.2, 0.25) is 0 Å². The monoisotopic (exact) mass is 157 g/mol. The number of hydrogen-bond acceptors (Lipinski definition) is 1. The molecule has 0 heterocycles. The quantitative estimate of drug-likeness (QED) is 0.596. The van der Waals surface area contributed by atoms with Crippen LogP contribution in [-0.4, -0.2) is 0 Å². The zero-order valence-corrected chi connectivity index (χ0v) is 6.36. The summed E-state index contributed by atoms with van der Waals surface area (Å²) in [6.45, 7) is 0. The summed E-state index contributed by atoms with van der Waals surface area (Å²) in [5.74, 6) is 0. The smallest absolute Gasteiger partial charge is 0.144 e. The first-order valence-electron chi connectivity index (χ1n) is 2.57. The second-order valence-electron chi connectivity index (χ2n) is 1.66. The molecule has 0 saturated heterocycles. The molecule has 0 aromatic heterocycles. The van der Waals surface area contributed by atoms with E-state index in [9.17, 15) is 0 Å². The van der Waals surface area contributed by atoms with Crippen LogP contribution in [0.1, 0.15) is 5.56 Å². The minimum Gasteiger partial charge on any atom is -0.149 e. The van der Waals surface area contributed by atoms with Gasteiger partial charge in [-0.1, -0.05) is 41.9 Å². The van der Waals surface area contributed by atoms with Crippen LogP contribution >= 0.6 is 24.2 Å². The number of benzene rings is 1. The second kappa shape index (κ2) is 3.14. The van der Waals surface area contributed by atoms with Gasteiger partial charge in [-0.3, -0.25) is 0 Å². The van der Waals surface area contributed by atoms with Crippen molar-refractivity contribution in [1.82, 2.24) is 0 Å². The minimum atomic E-state index is 0.538. The highest BCUT2D eigenvalue weighted by atomic mass is 35.5. The van der Waals surface area contributed by atoms with Gasteiger partial charge >= 0.3 is 0 Å². The van der Waals surface area contributed by atoms with E-state index in [2.05, 4.69) is 12.6 Å². The molecule has 0 amide bonds. The summed E-state index contributed by atoms with van der Waals surface area (Å²) in [4.78, 5) is 0. The standard InChI is InChI=1S/C7H6ClS/c8-7(9)6-4-2-1-3-5-6/h1-5,9H. The van der Waals surface area contributed by atoms with Crippen molar-refractivity contribution in [3.8, 4) is 0 Å². The van der Waals surface area contributed by atoms with Crippen molar-refractivity contribution in [2.75, 3.05) is 0 Å². The number of hydrogen-bond donors (Lipinski definition) is 1. The molecule has 9 heavy (non-hydrogen) atoms. The fourth-order valence-electron chi connectivity index (χ4n) is 0.576. The highest BCUT2D eigenvalue weighted by Gasteiger charge is 1.98. The lowest BCUT2D eigenvalue weighted by Crippen LogP contribution is -1.78. The van der Waals surface area contributed by atoms with Crippen LogP contribution < -0.4 is 0 Å². The first kappa shape index (κ1) is 6.97. The van der Waals surface area contributed by atoms with Crippen molar-refractivity contribution < 1.29 is 0 Å². The number of thiol groups is 1. The molecule has 0 saturated carbocycles. The third kappa shape index (κ3) is 1.92. The van der Waals surface area contributed by atoms with E-state index in [0.29, 0.717) is 4.71 Å². The molecule has 0 nitrogen and oxygen atoms in total. The molecule has 0 bridgehead atoms. The van der Waals surface area contributed by atoms with E-state index in [1.807, 2.05) is 30.3 Å². The van der Waals surface area contributed by atoms with Crippen LogP contribution in [0.3, 0.4) is 0 Å². The zero-order chi connectivity index (χ0) is 6.69. The molecule has 0 unspecified atom stereocenters. The van der Waals surface area contributed by atoms with Crippen LogP contribution in [0.15, 0.2) is 30.3 Å². The molecule has 0 atom stereocenters. The Morgan fingerprint density at radius 2 is 1.78 bits per heavy atom. The summed E-state index contributed by atoms with van der Waals surface area (Å²) in [6, 6.07) is 9.61. The van der Waals surface area contributed by atoms with E-state index in [4.69, 9.17) is 11.6 Å². The Bertz CT molecular complexity index is 172. The summed E-state index contributed by atoms with van der Waals surface area (Å²) in [6.07, 6.45) is 0. The molecule has 1 rings (SSSR count). The highest BCUT2D eigenvalue weighted by molar-refractivity contribution is 7.85. The van der Waals surface area contributed by atoms with Gasteiger partial charge in [0.25, 0.3) is 0 Å². The summed E-state index contributed by atoms with van der Waals surface area (Å²) in [5.41, 5.74) is 0.961. The van der Waals surface area contributed by atoms with Crippen molar-refractivity contribution in [2.45, 2.75) is 0 Å². The molecule has 1 aromatic carbocycles. The van der Waals surface area contributed by atoms with E-state index in [1.54, 1.807) is 0 Å². The molecule has 1 aromatic rings. The molecular formula is C7H6ClS. The van der Waals surface area contributed by atoms with E-state index in [-0.39, 0.29) is 0 Å². The summed E-state index contributed by atoms with van der Waals surface area (Å²) >= 11 is 9.55. The van der Waals surface area contributed by atoms with Gasteiger partial charge < -0.3 is 0 Å². The predicted molar refractivity (Wildman–Crippen MR) is 43.6 cm³/mol. The van der Waals surface area contributed by atoms with Crippen molar-refractivity contribution in [2.24, 2.45) is 0 Å². The van der Waals surface area contributed by atoms with Gasteiger partial charge in [-0.05, 0) is 5.56 Å². The third-order valence-corrected chi connectivity index (χ3v) is 1.49. The first-order valence-corrected chi connectivity index (χ1v) is 3.40. The van der Waals surface area contributed by atoms with E-state index in [0.717, 1.165) is 5.56 Å². The van der Waals surface area contributed by atoms with Crippen molar-refractivity contribution in [1.29, 1.82) is 0 Å². The van der Waals surface area contributed by atoms with Gasteiger partial charge in [-0.15, -0.1) is 12.6 Å². The summed E-state index contributed by atoms with van der Waals surface area (Å²) < 4.78 is 0.538. The maximum Gasteiger partial charge on any atom is 0.144 e. The van der Waals surface area contributed by atoms with E-state index < -0.39 is 0 Å². The molecule has 0 fully saturated rings. The third-order valence-electron chi connectivity index (χ3n) is 1.01. The van der Waals surface area contributed by atoms with Crippen LogP contribution in [0.5, 0.6) is 0 Å². The topological polar surface area (TPSA) is 0 Å². The van der Waals surface area contributed by atoms with Crippen molar-refractivity contribution >= 4 is 24.2 Å². The molecule has 2 heteroatoms. The molecule has 0 aliphatic carbocycles. The first-order chi connectivity index (χ1) is 4.30. The zero-order valence-electron chi connectivity index (χ0n) is 4.71. The molecular weight excluding hydrogens is 152 g/mol. The van der Waals surface area contributed by atoms with Gasteiger partial charge in [0.05, 0.1) is 0 Å². The Hall–Kier alpha value is -0.140. The SMILES string of the molecule is S[C](Cl)c1ccccc1. The Morgan fingerprint density at radius 3 is 2.11 bits per heavy atom. The summed E-state index contributed by atoms with van der Waals surface area (Å²) in [7, 11) is 0. The predicted octanol–water partition coefficient (Wildman–Crippen LogP) is 2.69. The van der Waals surface area contributed by atoms with Crippen LogP contribution in [0.4, 0.5) is 0 Å². The fourth-order valence-corrected chi connectivity index (χ4v) is 0.851. The Labute approximate surface area is 65.3 Å². The van der Waals surface area contributed by atoms with Crippen molar-refractivity contribution in [3.05, 3.63) is 40.6 Å². The molecule has 0 aliphatic heterocycles. The maximum atomic E-state index is 5.58. The van der Waals surface area contributed by atoms with E-state index in [1.165, 1.54) is 0 Å². The molecule has 0 N–H and O–H groups in total. The largest absolute Gasteiger partial charge is 0.149 e. The van der Waals surface area contributed by atoms with Gasteiger partial charge in [0.1, 0.15) is 4.71 Å². The Balaban J connectivity index is 2.85. The van der Waals surface area contributed by atoms with Gasteiger partial charge in [-0.25, -0.2) is 0 Å². The van der Waals surface area contributed by atoms with Crippen LogP contribution in [-0.2, 0) is 0 Å². The molecule has 47 valence electrons. The van der Waals surface area contributed by atoms with Crippen molar-refractivity contribution in [3.63, 3.8) is 0 Å². The number of rotatable bonds is 1. The fraction of sp³-hybridized carbons (Fsp3) is 0. The lowest BCUT2D eigenvalue weighted by molar-refractivity contribution is 1.56. The normalized spacial score (nSPS) is 10.1. The van der Waals surface area contributed by atoms with Gasteiger partial charge in [0, 0.05) is 0 Å². The maximum absolute atomic E-state index is 5.58. The van der Waals surface area contributed by atoms with Gasteiger partial charge in [-0.2, -0.15) is 0 Å². The van der Waals surface area contributed by atoms with E-state index >= 15 is 0 Å². The Morgan fingerprint density at radius 1 is 1.22 bits per heavy atom. The highest BCUT2D eigenvalue weighted by Crippen LogP contribution is 2.21. The minimum absolute atomic E-state index is 0.538. The summed E-state index contributed by atoms with van der Waals surface area (Å²) in [5, 5.41) is 0. The Kier molecular flexibility index (Phi) is 2.43. The van der Waals surface area contributed by atoms with Crippen LogP contribution in [0.25, 0.3) is 0 Å². The number of halogens is 1. The van der Waals surface area contributed by atoms with Gasteiger partial charge in [0.15, 0.2) is 0 Å². The molecule has 0 aliphatic rings.